The zero-order chi connectivity index (χ0) is 26.8. The number of alkyl halides is 1. The molecule has 11 heteroatoms. The fourth-order valence-electron chi connectivity index (χ4n) is 5.16. The van der Waals surface area contributed by atoms with Crippen molar-refractivity contribution in [2.75, 3.05) is 18.5 Å². The van der Waals surface area contributed by atoms with Gasteiger partial charge in [0.15, 0.2) is 5.58 Å². The molecular formula is C27H28ClF2N3O5. The van der Waals surface area contributed by atoms with E-state index >= 15 is 0 Å². The lowest BCUT2D eigenvalue weighted by Crippen LogP contribution is -2.40. The van der Waals surface area contributed by atoms with Gasteiger partial charge in [-0.1, -0.05) is 17.7 Å². The zero-order valence-corrected chi connectivity index (χ0v) is 21.3. The number of hydrogen-bond acceptors (Lipinski definition) is 6. The Balaban J connectivity index is 1.17. The van der Waals surface area contributed by atoms with Gasteiger partial charge in [-0.2, -0.15) is 4.98 Å². The van der Waals surface area contributed by atoms with Gasteiger partial charge in [0.1, 0.15) is 17.5 Å². The zero-order valence-electron chi connectivity index (χ0n) is 20.5. The molecular weight excluding hydrogens is 520 g/mol. The summed E-state index contributed by atoms with van der Waals surface area (Å²) in [4.78, 5) is 30.0. The Hall–Kier alpha value is -3.24. The number of rotatable bonds is 8. The van der Waals surface area contributed by atoms with Gasteiger partial charge in [-0.15, -0.1) is 0 Å². The van der Waals surface area contributed by atoms with Crippen molar-refractivity contribution in [3.05, 3.63) is 52.8 Å². The highest BCUT2D eigenvalue weighted by molar-refractivity contribution is 6.33. The molecule has 2 atom stereocenters. The van der Waals surface area contributed by atoms with Crippen molar-refractivity contribution in [2.24, 2.45) is 5.92 Å². The normalized spacial score (nSPS) is 23.6. The second-order valence-corrected chi connectivity index (χ2v) is 10.3. The molecule has 2 aliphatic rings. The predicted octanol–water partition coefficient (Wildman–Crippen LogP) is 5.51. The number of amides is 1. The number of carbonyl (C=O) groups is 2. The number of carboxylic acids is 1. The lowest BCUT2D eigenvalue weighted by atomic mass is 9.87. The average Bonchev–Trinajstić information content (AvgIpc) is 3.46. The lowest BCUT2D eigenvalue weighted by molar-refractivity contribution is -0.144. The minimum atomic E-state index is -1.12. The number of carbonyl (C=O) groups excluding carboxylic acids is 1. The number of aromatic nitrogens is 1. The van der Waals surface area contributed by atoms with Crippen molar-refractivity contribution in [3.63, 3.8) is 0 Å². The van der Waals surface area contributed by atoms with Crippen molar-refractivity contribution in [3.8, 4) is 0 Å². The molecule has 2 N–H and O–H groups in total. The van der Waals surface area contributed by atoms with E-state index in [0.717, 1.165) is 0 Å². The lowest BCUT2D eigenvalue weighted by Gasteiger charge is -2.29. The van der Waals surface area contributed by atoms with Crippen LogP contribution in [0.1, 0.15) is 37.7 Å². The third kappa shape index (κ3) is 6.07. The Morgan fingerprint density at radius 2 is 1.97 bits per heavy atom. The first kappa shape index (κ1) is 26.4. The fourth-order valence-corrected chi connectivity index (χ4v) is 5.41. The number of oxazole rings is 1. The fraction of sp³-hybridized carbons (Fsp3) is 0.444. The molecule has 1 aliphatic heterocycles. The second kappa shape index (κ2) is 11.2. The summed E-state index contributed by atoms with van der Waals surface area (Å²) in [7, 11) is 0. The molecule has 1 aromatic heterocycles. The summed E-state index contributed by atoms with van der Waals surface area (Å²) in [6.07, 6.45) is 1.51. The van der Waals surface area contributed by atoms with Gasteiger partial charge < -0.3 is 24.5 Å². The summed E-state index contributed by atoms with van der Waals surface area (Å²) in [5, 5.41) is 12.4. The van der Waals surface area contributed by atoms with E-state index in [1.807, 2.05) is 0 Å². The van der Waals surface area contributed by atoms with E-state index in [-0.39, 0.29) is 56.0 Å². The molecule has 0 radical (unpaired) electrons. The summed E-state index contributed by atoms with van der Waals surface area (Å²) in [5.74, 6) is -1.74. The number of hydrogen-bond donors (Lipinski definition) is 2. The molecule has 2 fully saturated rings. The van der Waals surface area contributed by atoms with Crippen molar-refractivity contribution < 1.29 is 32.6 Å². The first-order valence-electron chi connectivity index (χ1n) is 12.6. The van der Waals surface area contributed by atoms with E-state index in [4.69, 9.17) is 25.9 Å². The molecule has 1 saturated heterocycles. The Bertz CT molecular complexity index is 1330. The number of nitrogens with one attached hydrogen (secondary N) is 1. The van der Waals surface area contributed by atoms with Gasteiger partial charge in [-0.05, 0) is 55.5 Å². The van der Waals surface area contributed by atoms with E-state index < -0.39 is 18.0 Å². The van der Waals surface area contributed by atoms with Crippen LogP contribution in [0.4, 0.5) is 20.5 Å². The Kier molecular flexibility index (Phi) is 7.80. The molecule has 2 aromatic carbocycles. The van der Waals surface area contributed by atoms with Crippen LogP contribution in [0.3, 0.4) is 0 Å². The van der Waals surface area contributed by atoms with Crippen molar-refractivity contribution in [1.82, 2.24) is 9.88 Å². The number of aliphatic carboxylic acids is 1. The molecule has 2 heterocycles. The van der Waals surface area contributed by atoms with E-state index in [2.05, 4.69) is 10.3 Å². The molecule has 8 nitrogen and oxygen atoms in total. The van der Waals surface area contributed by atoms with Crippen molar-refractivity contribution >= 4 is 46.3 Å². The smallest absolute Gasteiger partial charge is 0.306 e. The van der Waals surface area contributed by atoms with Crippen LogP contribution in [0, 0.1) is 11.7 Å². The number of likely N-dealkylation sites (tertiary alicyclic amines) is 1. The average molecular weight is 548 g/mol. The Morgan fingerprint density at radius 3 is 2.71 bits per heavy atom. The molecule has 38 heavy (non-hydrogen) atoms. The molecule has 5 rings (SSSR count). The number of carboxylic acid groups (broad SMARTS) is 1. The summed E-state index contributed by atoms with van der Waals surface area (Å²) in [6.45, 7) is 0.247. The second-order valence-electron chi connectivity index (χ2n) is 9.93. The third-order valence-electron chi connectivity index (χ3n) is 7.21. The highest BCUT2D eigenvalue weighted by Crippen LogP contribution is 2.30. The van der Waals surface area contributed by atoms with Gasteiger partial charge >= 0.3 is 5.97 Å². The number of ether oxygens (including phenoxy) is 1. The highest BCUT2D eigenvalue weighted by Gasteiger charge is 2.36. The molecule has 1 amide bonds. The molecule has 3 aromatic rings. The van der Waals surface area contributed by atoms with Gasteiger partial charge in [-0.25, -0.2) is 8.78 Å². The van der Waals surface area contributed by atoms with E-state index in [9.17, 15) is 18.4 Å². The van der Waals surface area contributed by atoms with Gasteiger partial charge in [0.2, 0.25) is 5.91 Å². The van der Waals surface area contributed by atoms with Crippen LogP contribution in [-0.4, -0.2) is 58.3 Å². The quantitative estimate of drug-likeness (QED) is 0.383. The van der Waals surface area contributed by atoms with Gasteiger partial charge in [0.25, 0.3) is 6.01 Å². The van der Waals surface area contributed by atoms with Crippen LogP contribution in [-0.2, 0) is 20.7 Å². The van der Waals surface area contributed by atoms with Crippen molar-refractivity contribution in [2.45, 2.75) is 56.8 Å². The Labute approximate surface area is 222 Å². The molecule has 202 valence electrons. The molecule has 1 saturated carbocycles. The molecule has 0 spiro atoms. The van der Waals surface area contributed by atoms with E-state index in [1.54, 1.807) is 18.2 Å². The summed E-state index contributed by atoms with van der Waals surface area (Å²) in [5.41, 5.74) is 1.97. The summed E-state index contributed by atoms with van der Waals surface area (Å²) < 4.78 is 39.2. The molecule has 0 bridgehead atoms. The predicted molar refractivity (Wildman–Crippen MR) is 137 cm³/mol. The van der Waals surface area contributed by atoms with Gasteiger partial charge in [0, 0.05) is 12.5 Å². The van der Waals surface area contributed by atoms with Crippen LogP contribution in [0.5, 0.6) is 0 Å². The van der Waals surface area contributed by atoms with Crippen LogP contribution < -0.4 is 5.32 Å². The van der Waals surface area contributed by atoms with Crippen LogP contribution in [0.15, 0.2) is 40.8 Å². The van der Waals surface area contributed by atoms with Crippen LogP contribution in [0.2, 0.25) is 5.02 Å². The number of benzene rings is 2. The number of halogens is 3. The molecule has 1 aliphatic carbocycles. The van der Waals surface area contributed by atoms with Gasteiger partial charge in [-0.3, -0.25) is 9.59 Å². The standard InChI is InChI=1S/C27H28ClF2N3O5/c28-21-9-15(1-7-22(21)31-27-32-23-12-17(29)4-8-24(23)38-27)10-25(34)33-13-18(30)11-19(33)14-37-20-5-2-16(3-6-20)26(35)36/h1,4,7-9,12,16,18-20H,2-3,5-6,10-11,13-14H2,(H,31,32)(H,35,36)/t16?,18-,19-,20?/m0/s1. The highest BCUT2D eigenvalue weighted by atomic mass is 35.5. The minimum absolute atomic E-state index is 0.0182. The minimum Gasteiger partial charge on any atom is -0.481 e. The summed E-state index contributed by atoms with van der Waals surface area (Å²) in [6, 6.07) is 8.91. The maximum atomic E-state index is 14.3. The number of nitrogens with zero attached hydrogens (tertiary/aromatic N) is 2. The largest absolute Gasteiger partial charge is 0.481 e. The monoisotopic (exact) mass is 547 g/mol. The van der Waals surface area contributed by atoms with E-state index in [1.165, 1.54) is 23.1 Å². The Morgan fingerprint density at radius 1 is 1.18 bits per heavy atom. The van der Waals surface area contributed by atoms with E-state index in [0.29, 0.717) is 53.1 Å². The SMILES string of the molecule is O=C(O)C1CCC(OC[C@@H]2C[C@H](F)CN2C(=O)Cc2ccc(Nc3nc4cc(F)ccc4o3)c(Cl)c2)CC1. The summed E-state index contributed by atoms with van der Waals surface area (Å²) >= 11 is 6.43. The number of anilines is 2. The number of fused-ring (bicyclic) bond motifs is 1. The third-order valence-corrected chi connectivity index (χ3v) is 7.52. The van der Waals surface area contributed by atoms with Crippen molar-refractivity contribution in [1.29, 1.82) is 0 Å². The molecule has 0 unspecified atom stereocenters. The maximum absolute atomic E-state index is 14.3. The first-order valence-corrected chi connectivity index (χ1v) is 13.0. The maximum Gasteiger partial charge on any atom is 0.306 e. The topological polar surface area (TPSA) is 105 Å². The van der Waals surface area contributed by atoms with Gasteiger partial charge in [0.05, 0.1) is 48.3 Å². The first-order chi connectivity index (χ1) is 18.2. The van der Waals surface area contributed by atoms with Crippen LogP contribution >= 0.6 is 11.6 Å². The van der Waals surface area contributed by atoms with Crippen LogP contribution in [0.25, 0.3) is 11.1 Å².